The summed E-state index contributed by atoms with van der Waals surface area (Å²) in [5.41, 5.74) is 38.0. The first-order valence-corrected chi connectivity index (χ1v) is 60.5. The Morgan fingerprint density at radius 2 is 0.503 bits per heavy atom. The Morgan fingerprint density at radius 3 is 0.940 bits per heavy atom. The standard InChI is InChI=1S/C48H34N4Si.C45H35N3Si.C42H29N3OSi/c1-53(2)44-24-14-11-21-37(44)46-47(53)45(49-48(50-46)32-15-5-3-6-16-32)31-25-27-34(28-26-31)52-41-23-13-10-20-36(41)39-29-42-38(30-43(39)52)35-19-9-12-22-40(35)51(42)33-17-7-4-8-18-33;1-45(2)36-19-11-8-16-31(36)34-27-39-35(26-37(34)45)32-17-9-12-20-38(32)48(39)30-24-22-28(23-25-30)41-43-42(33-18-10-13-21-40(33)49(43,3)4)47-44(46-41)29-14-6-5-7-15-29;1-47(2)38-22-11-8-19-31(38)40-41(47)39(43-42(44-40)26-13-4-3-5-14-26)27-15-12-16-28(23-27)45-34-20-9-6-17-29(34)32-25-37-33(24-35(32)45)30-18-7-10-21-36(30)46-37/h3-30H,1-2H3;5-27H,1-4H3;3-25H,1-2H3. The molecular formula is C135H98N10OSi3. The second-order valence-electron chi connectivity index (χ2n) is 42.3. The number of hydrogen-bond acceptors (Lipinski definition) is 7. The van der Waals surface area contributed by atoms with E-state index in [1.54, 1.807) is 0 Å². The number of para-hydroxylation sites is 6. The van der Waals surface area contributed by atoms with Crippen LogP contribution < -0.4 is 31.1 Å². The van der Waals surface area contributed by atoms with Gasteiger partial charge in [-0.05, 0) is 185 Å². The lowest BCUT2D eigenvalue weighted by molar-refractivity contribution is 0.661. The average molecular weight is 1960 g/mol. The summed E-state index contributed by atoms with van der Waals surface area (Å²) in [4.78, 5) is 31.9. The predicted octanol–water partition coefficient (Wildman–Crippen LogP) is 30.4. The summed E-state index contributed by atoms with van der Waals surface area (Å²) in [5.74, 6) is 2.31. The van der Waals surface area contributed by atoms with Crippen molar-refractivity contribution < 1.29 is 4.42 Å². The smallest absolute Gasteiger partial charge is 0.160 e. The van der Waals surface area contributed by atoms with Gasteiger partial charge in [0.2, 0.25) is 0 Å². The van der Waals surface area contributed by atoms with Crippen molar-refractivity contribution in [3.63, 3.8) is 0 Å². The fourth-order valence-corrected chi connectivity index (χ4v) is 35.1. The van der Waals surface area contributed by atoms with E-state index < -0.39 is 24.2 Å². The molecule has 4 aliphatic rings. The Balaban J connectivity index is 0.000000105. The first-order valence-electron chi connectivity index (χ1n) is 51.5. The van der Waals surface area contributed by atoms with Crippen LogP contribution in [0.3, 0.4) is 0 Å². The summed E-state index contributed by atoms with van der Waals surface area (Å²) in [6.45, 7) is 19.3. The summed E-state index contributed by atoms with van der Waals surface area (Å²) in [6, 6.07) is 162. The van der Waals surface area contributed by atoms with Gasteiger partial charge in [-0.1, -0.05) is 387 Å². The molecule has 0 atom stereocenters. The molecule has 0 saturated heterocycles. The largest absolute Gasteiger partial charge is 0.456 e. The van der Waals surface area contributed by atoms with Crippen LogP contribution in [0.25, 0.3) is 245 Å². The molecule has 11 nitrogen and oxygen atoms in total. The topological polar surface area (TPSA) is 110 Å². The van der Waals surface area contributed by atoms with E-state index in [1.807, 2.05) is 30.3 Å². The highest BCUT2D eigenvalue weighted by molar-refractivity contribution is 7.05. The molecule has 0 radical (unpaired) electrons. The van der Waals surface area contributed by atoms with Gasteiger partial charge in [-0.2, -0.15) is 0 Å². The van der Waals surface area contributed by atoms with Crippen molar-refractivity contribution in [1.29, 1.82) is 0 Å². The second-order valence-corrected chi connectivity index (χ2v) is 55.2. The van der Waals surface area contributed by atoms with Crippen LogP contribution in [0.5, 0.6) is 0 Å². The maximum Gasteiger partial charge on any atom is 0.160 e. The maximum absolute atomic E-state index is 6.32. The van der Waals surface area contributed by atoms with E-state index in [4.69, 9.17) is 34.3 Å². The van der Waals surface area contributed by atoms with Crippen molar-refractivity contribution in [3.05, 3.63) is 460 Å². The number of nitrogens with zero attached hydrogens (tertiary/aromatic N) is 10. The number of furan rings is 1. The first kappa shape index (κ1) is 87.6. The van der Waals surface area contributed by atoms with Gasteiger partial charge in [0, 0.05) is 115 Å². The summed E-state index contributed by atoms with van der Waals surface area (Å²) in [6.07, 6.45) is 0. The van der Waals surface area contributed by atoms with E-state index in [0.29, 0.717) is 0 Å². The monoisotopic (exact) mass is 1960 g/mol. The van der Waals surface area contributed by atoms with Crippen LogP contribution in [0.2, 0.25) is 39.3 Å². The van der Waals surface area contributed by atoms with Gasteiger partial charge in [-0.3, -0.25) is 0 Å². The number of fused-ring (bicyclic) bond motifs is 27. The minimum absolute atomic E-state index is 0.0435. The number of benzene rings is 19. The van der Waals surface area contributed by atoms with Gasteiger partial charge in [0.05, 0.1) is 78.3 Å². The molecule has 11 heterocycles. The molecular weight excluding hydrogens is 1860 g/mol. The highest BCUT2D eigenvalue weighted by Gasteiger charge is 2.46. The molecule has 0 N–H and O–H groups in total. The molecule has 0 saturated carbocycles. The molecule has 149 heavy (non-hydrogen) atoms. The van der Waals surface area contributed by atoms with Crippen molar-refractivity contribution in [2.75, 3.05) is 0 Å². The van der Waals surface area contributed by atoms with Gasteiger partial charge in [0.1, 0.15) is 35.4 Å². The molecule has 0 bridgehead atoms. The molecule has 0 spiro atoms. The number of rotatable bonds is 10. The highest BCUT2D eigenvalue weighted by atomic mass is 28.3. The lowest BCUT2D eigenvalue weighted by atomic mass is 9.82. The van der Waals surface area contributed by atoms with Gasteiger partial charge in [-0.25, -0.2) is 29.9 Å². The minimum Gasteiger partial charge on any atom is -0.456 e. The molecule has 0 unspecified atom stereocenters. The molecule has 706 valence electrons. The Morgan fingerprint density at radius 1 is 0.195 bits per heavy atom. The van der Waals surface area contributed by atoms with Crippen LogP contribution in [-0.2, 0) is 5.41 Å². The second kappa shape index (κ2) is 33.3. The van der Waals surface area contributed by atoms with Crippen LogP contribution >= 0.6 is 0 Å². The molecule has 19 aromatic carbocycles. The fourth-order valence-electron chi connectivity index (χ4n) is 25.4. The van der Waals surface area contributed by atoms with Crippen molar-refractivity contribution in [1.82, 2.24) is 48.2 Å². The Kier molecular flexibility index (Phi) is 19.6. The minimum atomic E-state index is -2.09. The molecule has 3 aliphatic heterocycles. The van der Waals surface area contributed by atoms with Crippen LogP contribution in [0.1, 0.15) is 25.0 Å². The van der Waals surface area contributed by atoms with E-state index in [9.17, 15) is 0 Å². The lowest BCUT2D eigenvalue weighted by Gasteiger charge is -2.22. The van der Waals surface area contributed by atoms with Crippen molar-refractivity contribution in [2.45, 2.75) is 58.5 Å². The Labute approximate surface area is 864 Å². The molecule has 14 heteroatoms. The molecule has 31 rings (SSSR count). The van der Waals surface area contributed by atoms with Crippen molar-refractivity contribution >= 4 is 165 Å². The van der Waals surface area contributed by atoms with E-state index in [1.165, 1.54) is 152 Å². The van der Waals surface area contributed by atoms with Crippen LogP contribution in [0.4, 0.5) is 0 Å². The van der Waals surface area contributed by atoms with Crippen LogP contribution in [-0.4, -0.2) is 72.4 Å². The predicted molar refractivity (Wildman–Crippen MR) is 627 cm³/mol. The SMILES string of the molecule is CC1(C)c2ccccc2-c2cc3c(cc21)c1ccccc1n3-c1ccc(-c2nc(-c3ccccc3)nc3c2[Si](C)(C)c2ccccc2-3)cc1.C[Si]1(C)c2ccccc2-c2nc(-c3ccccc3)nc(-c3ccc(-n4c5ccccc5c5cc6c(cc54)c4ccccc4n6-c4ccccc4)cc3)c21.C[Si]1(C)c2ccccc2-c2nc(-c3ccccc3)nc(-c3cccc(-n4c5ccccc5c5cc6oc7ccccc7c6cc54)c3)c21. The Hall–Kier alpha value is -17.9. The van der Waals surface area contributed by atoms with Gasteiger partial charge in [0.25, 0.3) is 0 Å². The van der Waals surface area contributed by atoms with E-state index in [2.05, 4.69) is 490 Å². The van der Waals surface area contributed by atoms with Gasteiger partial charge < -0.3 is 22.7 Å². The molecule has 0 fully saturated rings. The fraction of sp³-hybridized carbons (Fsp3) is 0.0667. The normalized spacial score (nSPS) is 13.9. The first-order chi connectivity index (χ1) is 72.9. The zero-order valence-electron chi connectivity index (χ0n) is 83.6. The Bertz CT molecular complexity index is 10300. The maximum atomic E-state index is 6.32. The van der Waals surface area contributed by atoms with Crippen molar-refractivity contribution in [2.24, 2.45) is 0 Å². The zero-order chi connectivity index (χ0) is 99.6. The lowest BCUT2D eigenvalue weighted by Crippen LogP contribution is -2.50. The summed E-state index contributed by atoms with van der Waals surface area (Å²) in [7, 11) is -6.22. The van der Waals surface area contributed by atoms with E-state index in [0.717, 1.165) is 135 Å². The number of hydrogen-bond donors (Lipinski definition) is 0. The third kappa shape index (κ3) is 13.4. The quantitative estimate of drug-likeness (QED) is 0.125. The molecule has 0 amide bonds. The third-order valence-electron chi connectivity index (χ3n) is 32.5. The summed E-state index contributed by atoms with van der Waals surface area (Å²) in [5, 5.41) is 20.4. The third-order valence-corrected chi connectivity index (χ3v) is 43.0. The summed E-state index contributed by atoms with van der Waals surface area (Å²) < 4.78 is 16.0. The van der Waals surface area contributed by atoms with Crippen LogP contribution in [0.15, 0.2) is 453 Å². The van der Waals surface area contributed by atoms with Gasteiger partial charge >= 0.3 is 0 Å². The van der Waals surface area contributed by atoms with E-state index >= 15 is 0 Å². The highest BCUT2D eigenvalue weighted by Crippen LogP contribution is 2.53. The summed E-state index contributed by atoms with van der Waals surface area (Å²) >= 11 is 0. The number of aromatic nitrogens is 10. The van der Waals surface area contributed by atoms with Crippen LogP contribution in [0, 0.1) is 0 Å². The van der Waals surface area contributed by atoms with Gasteiger partial charge in [0.15, 0.2) is 17.5 Å². The molecule has 27 aromatic rings. The molecule has 8 aromatic heterocycles. The van der Waals surface area contributed by atoms with Gasteiger partial charge in [-0.15, -0.1) is 0 Å². The average Bonchev–Trinajstić information content (AvgIpc) is 1.54. The molecule has 1 aliphatic carbocycles. The van der Waals surface area contributed by atoms with Crippen molar-refractivity contribution in [3.8, 4) is 136 Å². The van der Waals surface area contributed by atoms with E-state index in [-0.39, 0.29) is 5.41 Å². The zero-order valence-corrected chi connectivity index (χ0v) is 86.6.